The summed E-state index contributed by atoms with van der Waals surface area (Å²) < 4.78 is 32.6. The van der Waals surface area contributed by atoms with Gasteiger partial charge in [0.05, 0.1) is 7.11 Å². The van der Waals surface area contributed by atoms with Crippen molar-refractivity contribution in [2.45, 2.75) is 37.6 Å². The average molecular weight is 335 g/mol. The molecule has 0 aliphatic carbocycles. The minimum absolute atomic E-state index is 0. The lowest BCUT2D eigenvalue weighted by atomic mass is 10.1. The fourth-order valence-corrected chi connectivity index (χ4v) is 4.93. The Labute approximate surface area is 132 Å². The van der Waals surface area contributed by atoms with Gasteiger partial charge in [-0.1, -0.05) is 6.07 Å². The number of nitrogens with zero attached hydrogens (tertiary/aromatic N) is 1. The van der Waals surface area contributed by atoms with Crippen LogP contribution < -0.4 is 10.5 Å². The fourth-order valence-electron chi connectivity index (χ4n) is 2.88. The quantitative estimate of drug-likeness (QED) is 0.912. The second-order valence-electron chi connectivity index (χ2n) is 5.26. The van der Waals surface area contributed by atoms with E-state index in [9.17, 15) is 8.42 Å². The highest BCUT2D eigenvalue weighted by Crippen LogP contribution is 2.34. The predicted octanol–water partition coefficient (Wildman–Crippen LogP) is 1.85. The van der Waals surface area contributed by atoms with Gasteiger partial charge in [0.15, 0.2) is 0 Å². The first-order valence-corrected chi connectivity index (χ1v) is 8.23. The molecule has 0 radical (unpaired) electrons. The van der Waals surface area contributed by atoms with E-state index in [0.717, 1.165) is 18.4 Å². The number of methoxy groups -OCH3 is 1. The molecule has 5 nitrogen and oxygen atoms in total. The van der Waals surface area contributed by atoms with Crippen molar-refractivity contribution in [2.24, 2.45) is 5.73 Å². The maximum absolute atomic E-state index is 12.9. The van der Waals surface area contributed by atoms with E-state index < -0.39 is 10.0 Å². The predicted molar refractivity (Wildman–Crippen MR) is 85.7 cm³/mol. The Morgan fingerprint density at radius 2 is 2.05 bits per heavy atom. The van der Waals surface area contributed by atoms with Gasteiger partial charge >= 0.3 is 0 Å². The van der Waals surface area contributed by atoms with E-state index in [-0.39, 0.29) is 23.3 Å². The van der Waals surface area contributed by atoms with Gasteiger partial charge in [0, 0.05) is 19.1 Å². The van der Waals surface area contributed by atoms with Gasteiger partial charge in [-0.15, -0.1) is 12.4 Å². The summed E-state index contributed by atoms with van der Waals surface area (Å²) in [5.41, 5.74) is 7.39. The largest absolute Gasteiger partial charge is 0.495 e. The molecule has 1 heterocycles. The highest BCUT2D eigenvalue weighted by atomic mass is 35.5. The van der Waals surface area contributed by atoms with Crippen LogP contribution >= 0.6 is 12.4 Å². The van der Waals surface area contributed by atoms with Gasteiger partial charge < -0.3 is 10.5 Å². The van der Waals surface area contributed by atoms with E-state index >= 15 is 0 Å². The SMILES string of the molecule is COc1cc(C)cc(C)c1S(=O)(=O)N1CCCC1CN.Cl. The minimum atomic E-state index is -3.56. The minimum Gasteiger partial charge on any atom is -0.495 e. The standard InChI is InChI=1S/C14H22N2O3S.ClH/c1-10-7-11(2)14(13(8-10)19-3)20(17,18)16-6-4-5-12(16)9-15;/h7-8,12H,4-6,9,15H2,1-3H3;1H. The second kappa shape index (κ2) is 6.96. The van der Waals surface area contributed by atoms with Crippen molar-refractivity contribution in [3.63, 3.8) is 0 Å². The van der Waals surface area contributed by atoms with Gasteiger partial charge in [0.25, 0.3) is 0 Å². The van der Waals surface area contributed by atoms with Crippen LogP contribution in [0.5, 0.6) is 5.75 Å². The zero-order chi connectivity index (χ0) is 14.9. The molecular weight excluding hydrogens is 312 g/mol. The lowest BCUT2D eigenvalue weighted by Gasteiger charge is -2.25. The number of halogens is 1. The van der Waals surface area contributed by atoms with Crippen LogP contribution in [0.4, 0.5) is 0 Å². The summed E-state index contributed by atoms with van der Waals surface area (Å²) in [7, 11) is -2.06. The second-order valence-corrected chi connectivity index (χ2v) is 7.09. The van der Waals surface area contributed by atoms with Gasteiger partial charge in [-0.05, 0) is 43.9 Å². The molecule has 2 N–H and O–H groups in total. The third kappa shape index (κ3) is 3.34. The van der Waals surface area contributed by atoms with Crippen LogP contribution in [0.3, 0.4) is 0 Å². The van der Waals surface area contributed by atoms with Gasteiger partial charge in [-0.3, -0.25) is 0 Å². The van der Waals surface area contributed by atoms with Crippen molar-refractivity contribution in [3.05, 3.63) is 23.3 Å². The highest BCUT2D eigenvalue weighted by molar-refractivity contribution is 7.89. The molecule has 0 spiro atoms. The molecule has 21 heavy (non-hydrogen) atoms. The number of benzene rings is 1. The number of nitrogens with two attached hydrogens (primary N) is 1. The number of hydrogen-bond donors (Lipinski definition) is 1. The van der Waals surface area contributed by atoms with Crippen molar-refractivity contribution in [1.29, 1.82) is 0 Å². The lowest BCUT2D eigenvalue weighted by molar-refractivity contribution is 0.378. The third-order valence-electron chi connectivity index (χ3n) is 3.77. The molecular formula is C14H23ClN2O3S. The molecule has 1 fully saturated rings. The van der Waals surface area contributed by atoms with Crippen LogP contribution in [0.25, 0.3) is 0 Å². The fraction of sp³-hybridized carbons (Fsp3) is 0.571. The summed E-state index contributed by atoms with van der Waals surface area (Å²) in [6.07, 6.45) is 1.68. The summed E-state index contributed by atoms with van der Waals surface area (Å²) in [4.78, 5) is 0.269. The molecule has 0 amide bonds. The van der Waals surface area contributed by atoms with Crippen LogP contribution in [-0.4, -0.2) is 39.0 Å². The summed E-state index contributed by atoms with van der Waals surface area (Å²) in [5.74, 6) is 0.408. The van der Waals surface area contributed by atoms with E-state index in [1.54, 1.807) is 13.0 Å². The van der Waals surface area contributed by atoms with Crippen molar-refractivity contribution < 1.29 is 13.2 Å². The number of rotatable bonds is 4. The molecule has 7 heteroatoms. The lowest BCUT2D eigenvalue weighted by Crippen LogP contribution is -2.40. The number of sulfonamides is 1. The molecule has 1 saturated heterocycles. The highest BCUT2D eigenvalue weighted by Gasteiger charge is 2.37. The molecule has 0 bridgehead atoms. The van der Waals surface area contributed by atoms with E-state index in [0.29, 0.717) is 24.4 Å². The first-order valence-electron chi connectivity index (χ1n) is 6.79. The molecule has 2 rings (SSSR count). The van der Waals surface area contributed by atoms with Crippen LogP contribution in [0.15, 0.2) is 17.0 Å². The zero-order valence-electron chi connectivity index (χ0n) is 12.6. The van der Waals surface area contributed by atoms with E-state index in [1.807, 2.05) is 13.0 Å². The van der Waals surface area contributed by atoms with Crippen LogP contribution in [-0.2, 0) is 10.0 Å². The summed E-state index contributed by atoms with van der Waals surface area (Å²) >= 11 is 0. The van der Waals surface area contributed by atoms with Crippen LogP contribution in [0, 0.1) is 13.8 Å². The Kier molecular flexibility index (Phi) is 6.04. The molecule has 1 aromatic rings. The molecule has 1 aromatic carbocycles. The van der Waals surface area contributed by atoms with Crippen molar-refractivity contribution in [3.8, 4) is 5.75 Å². The monoisotopic (exact) mass is 334 g/mol. The summed E-state index contributed by atoms with van der Waals surface area (Å²) in [6.45, 7) is 4.60. The zero-order valence-corrected chi connectivity index (χ0v) is 14.3. The van der Waals surface area contributed by atoms with E-state index in [2.05, 4.69) is 0 Å². The summed E-state index contributed by atoms with van der Waals surface area (Å²) in [6, 6.07) is 3.52. The van der Waals surface area contributed by atoms with E-state index in [4.69, 9.17) is 10.5 Å². The third-order valence-corrected chi connectivity index (χ3v) is 5.90. The Morgan fingerprint density at radius 1 is 1.38 bits per heavy atom. The van der Waals surface area contributed by atoms with Gasteiger partial charge in [-0.25, -0.2) is 8.42 Å². The van der Waals surface area contributed by atoms with Gasteiger partial charge in [-0.2, -0.15) is 4.31 Å². The van der Waals surface area contributed by atoms with Crippen LogP contribution in [0.1, 0.15) is 24.0 Å². The first-order chi connectivity index (χ1) is 9.41. The Hall–Kier alpha value is -0.820. The number of aryl methyl sites for hydroxylation is 2. The van der Waals surface area contributed by atoms with E-state index in [1.165, 1.54) is 11.4 Å². The van der Waals surface area contributed by atoms with Gasteiger partial charge in [0.1, 0.15) is 10.6 Å². The number of hydrogen-bond acceptors (Lipinski definition) is 4. The van der Waals surface area contributed by atoms with Crippen molar-refractivity contribution in [1.82, 2.24) is 4.31 Å². The molecule has 0 saturated carbocycles. The molecule has 0 aromatic heterocycles. The Balaban J connectivity index is 0.00000220. The van der Waals surface area contributed by atoms with Gasteiger partial charge in [0.2, 0.25) is 10.0 Å². The Bertz CT molecular complexity index is 604. The maximum Gasteiger partial charge on any atom is 0.247 e. The average Bonchev–Trinajstić information content (AvgIpc) is 2.86. The summed E-state index contributed by atoms with van der Waals surface area (Å²) in [5, 5.41) is 0. The maximum atomic E-state index is 12.9. The Morgan fingerprint density at radius 3 is 2.62 bits per heavy atom. The topological polar surface area (TPSA) is 72.6 Å². The number of ether oxygens (including phenoxy) is 1. The molecule has 1 unspecified atom stereocenters. The molecule has 1 atom stereocenters. The molecule has 1 aliphatic rings. The smallest absolute Gasteiger partial charge is 0.247 e. The molecule has 120 valence electrons. The molecule has 1 aliphatic heterocycles. The van der Waals surface area contributed by atoms with Crippen molar-refractivity contribution in [2.75, 3.05) is 20.2 Å². The normalized spacial score (nSPS) is 19.3. The van der Waals surface area contributed by atoms with Crippen LogP contribution in [0.2, 0.25) is 0 Å². The van der Waals surface area contributed by atoms with Crippen molar-refractivity contribution >= 4 is 22.4 Å². The first kappa shape index (κ1) is 18.2.